The third kappa shape index (κ3) is 3.42. The third-order valence-corrected chi connectivity index (χ3v) is 4.45. The molecule has 4 rings (SSSR count). The SMILES string of the molecule is COc1ccc(F)cc1CNc1ccc2c(c1)C(=Cc1ccc[nH]1)C(=O)N2. The molecule has 0 saturated carbocycles. The topological polar surface area (TPSA) is 66.1 Å². The Balaban J connectivity index is 1.59. The number of amides is 1. The van der Waals surface area contributed by atoms with Gasteiger partial charge in [0.2, 0.25) is 0 Å². The number of hydrogen-bond acceptors (Lipinski definition) is 3. The number of carbonyl (C=O) groups is 1. The van der Waals surface area contributed by atoms with Gasteiger partial charge in [0.15, 0.2) is 0 Å². The number of H-pyrrole nitrogens is 1. The number of benzene rings is 2. The first-order valence-corrected chi connectivity index (χ1v) is 8.51. The van der Waals surface area contributed by atoms with Gasteiger partial charge < -0.3 is 20.4 Å². The van der Waals surface area contributed by atoms with Gasteiger partial charge in [-0.15, -0.1) is 0 Å². The zero-order chi connectivity index (χ0) is 18.8. The number of halogens is 1. The van der Waals surface area contributed by atoms with Crippen molar-refractivity contribution >= 4 is 28.9 Å². The Morgan fingerprint density at radius 3 is 2.85 bits per heavy atom. The van der Waals surface area contributed by atoms with E-state index in [0.29, 0.717) is 23.4 Å². The zero-order valence-electron chi connectivity index (χ0n) is 14.7. The Morgan fingerprint density at radius 2 is 2.07 bits per heavy atom. The Labute approximate surface area is 155 Å². The minimum absolute atomic E-state index is 0.136. The second kappa shape index (κ2) is 6.99. The number of aromatic nitrogens is 1. The van der Waals surface area contributed by atoms with Gasteiger partial charge in [-0.3, -0.25) is 4.79 Å². The summed E-state index contributed by atoms with van der Waals surface area (Å²) in [6, 6.07) is 13.8. The molecule has 2 heterocycles. The maximum Gasteiger partial charge on any atom is 0.256 e. The highest BCUT2D eigenvalue weighted by molar-refractivity contribution is 6.35. The summed E-state index contributed by atoms with van der Waals surface area (Å²) in [6.45, 7) is 0.400. The number of hydrogen-bond donors (Lipinski definition) is 3. The number of methoxy groups -OCH3 is 1. The van der Waals surface area contributed by atoms with E-state index in [1.807, 2.05) is 42.6 Å². The van der Waals surface area contributed by atoms with Crippen molar-refractivity contribution in [2.75, 3.05) is 17.7 Å². The van der Waals surface area contributed by atoms with Gasteiger partial charge in [0, 0.05) is 40.9 Å². The Morgan fingerprint density at radius 1 is 1.19 bits per heavy atom. The van der Waals surface area contributed by atoms with Crippen molar-refractivity contribution in [2.24, 2.45) is 0 Å². The van der Waals surface area contributed by atoms with Crippen molar-refractivity contribution in [2.45, 2.75) is 6.54 Å². The first kappa shape index (κ1) is 16.9. The predicted molar refractivity (Wildman–Crippen MR) is 104 cm³/mol. The van der Waals surface area contributed by atoms with Crippen molar-refractivity contribution in [1.29, 1.82) is 0 Å². The smallest absolute Gasteiger partial charge is 0.256 e. The van der Waals surface area contributed by atoms with Crippen LogP contribution in [0.3, 0.4) is 0 Å². The fourth-order valence-corrected chi connectivity index (χ4v) is 3.11. The van der Waals surface area contributed by atoms with Crippen LogP contribution < -0.4 is 15.4 Å². The molecule has 2 aromatic carbocycles. The van der Waals surface area contributed by atoms with E-state index in [4.69, 9.17) is 4.74 Å². The van der Waals surface area contributed by atoms with Crippen LogP contribution in [-0.4, -0.2) is 18.0 Å². The van der Waals surface area contributed by atoms with Gasteiger partial charge in [0.1, 0.15) is 11.6 Å². The van der Waals surface area contributed by atoms with E-state index in [9.17, 15) is 9.18 Å². The summed E-state index contributed by atoms with van der Waals surface area (Å²) in [5, 5.41) is 6.13. The van der Waals surface area contributed by atoms with Crippen molar-refractivity contribution in [3.8, 4) is 5.75 Å². The second-order valence-electron chi connectivity index (χ2n) is 6.21. The molecule has 0 aliphatic carbocycles. The van der Waals surface area contributed by atoms with Crippen LogP contribution in [0.15, 0.2) is 54.7 Å². The molecule has 0 atom stereocenters. The average Bonchev–Trinajstić information content (AvgIpc) is 3.29. The quantitative estimate of drug-likeness (QED) is 0.593. The van der Waals surface area contributed by atoms with E-state index >= 15 is 0 Å². The molecule has 136 valence electrons. The van der Waals surface area contributed by atoms with Crippen LogP contribution in [-0.2, 0) is 11.3 Å². The molecule has 0 spiro atoms. The summed E-state index contributed by atoms with van der Waals surface area (Å²) in [7, 11) is 1.56. The van der Waals surface area contributed by atoms with E-state index < -0.39 is 0 Å². The first-order valence-electron chi connectivity index (χ1n) is 8.51. The molecule has 0 bridgehead atoms. The number of rotatable bonds is 5. The van der Waals surface area contributed by atoms with Crippen LogP contribution in [0.1, 0.15) is 16.8 Å². The highest BCUT2D eigenvalue weighted by Gasteiger charge is 2.24. The van der Waals surface area contributed by atoms with E-state index in [1.165, 1.54) is 12.1 Å². The fraction of sp³-hybridized carbons (Fsp3) is 0.0952. The lowest BCUT2D eigenvalue weighted by Gasteiger charge is -2.11. The van der Waals surface area contributed by atoms with E-state index in [2.05, 4.69) is 15.6 Å². The Bertz CT molecular complexity index is 1030. The van der Waals surface area contributed by atoms with Gasteiger partial charge in [0.05, 0.1) is 12.7 Å². The maximum absolute atomic E-state index is 13.5. The molecule has 0 unspecified atom stereocenters. The summed E-state index contributed by atoms with van der Waals surface area (Å²) in [6.07, 6.45) is 3.63. The van der Waals surface area contributed by atoms with Crippen LogP contribution >= 0.6 is 0 Å². The molecular weight excluding hydrogens is 345 g/mol. The molecule has 1 aliphatic rings. The number of carbonyl (C=O) groups excluding carboxylic acids is 1. The molecule has 0 saturated heterocycles. The summed E-state index contributed by atoms with van der Waals surface area (Å²) >= 11 is 0. The van der Waals surface area contributed by atoms with E-state index in [1.54, 1.807) is 13.2 Å². The monoisotopic (exact) mass is 363 g/mol. The normalized spacial score (nSPS) is 14.1. The van der Waals surface area contributed by atoms with Gasteiger partial charge in [-0.05, 0) is 54.6 Å². The highest BCUT2D eigenvalue weighted by atomic mass is 19.1. The van der Waals surface area contributed by atoms with Crippen molar-refractivity contribution in [1.82, 2.24) is 4.98 Å². The summed E-state index contributed by atoms with van der Waals surface area (Å²) in [5.74, 6) is 0.172. The molecule has 1 aliphatic heterocycles. The number of ether oxygens (including phenoxy) is 1. The molecule has 1 amide bonds. The molecule has 6 heteroatoms. The van der Waals surface area contributed by atoms with E-state index in [0.717, 1.165) is 22.6 Å². The molecular formula is C21H18FN3O2. The highest BCUT2D eigenvalue weighted by Crippen LogP contribution is 2.35. The Kier molecular flexibility index (Phi) is 4.38. The van der Waals surface area contributed by atoms with Gasteiger partial charge in [-0.25, -0.2) is 4.39 Å². The molecule has 1 aromatic heterocycles. The maximum atomic E-state index is 13.5. The molecule has 0 radical (unpaired) electrons. The van der Waals surface area contributed by atoms with Gasteiger partial charge in [-0.2, -0.15) is 0 Å². The van der Waals surface area contributed by atoms with Gasteiger partial charge >= 0.3 is 0 Å². The minimum atomic E-state index is -0.312. The van der Waals surface area contributed by atoms with Crippen molar-refractivity contribution < 1.29 is 13.9 Å². The molecule has 3 aromatic rings. The van der Waals surface area contributed by atoms with Crippen LogP contribution in [0.5, 0.6) is 5.75 Å². The van der Waals surface area contributed by atoms with Gasteiger partial charge in [-0.1, -0.05) is 0 Å². The average molecular weight is 363 g/mol. The Hall–Kier alpha value is -3.54. The summed E-state index contributed by atoms with van der Waals surface area (Å²) < 4.78 is 18.8. The van der Waals surface area contributed by atoms with Crippen molar-refractivity contribution in [3.63, 3.8) is 0 Å². The van der Waals surface area contributed by atoms with Crippen molar-refractivity contribution in [3.05, 3.63) is 77.4 Å². The first-order chi connectivity index (χ1) is 13.1. The second-order valence-corrected chi connectivity index (χ2v) is 6.21. The summed E-state index contributed by atoms with van der Waals surface area (Å²) in [4.78, 5) is 15.4. The summed E-state index contributed by atoms with van der Waals surface area (Å²) in [5.41, 5.74) is 4.59. The lowest BCUT2D eigenvalue weighted by atomic mass is 10.0. The molecule has 5 nitrogen and oxygen atoms in total. The van der Waals surface area contributed by atoms with Crippen LogP contribution in [0.2, 0.25) is 0 Å². The lowest BCUT2D eigenvalue weighted by Crippen LogP contribution is -2.03. The number of nitrogens with one attached hydrogen (secondary N) is 3. The number of aromatic amines is 1. The standard InChI is InChI=1S/C21H18FN3O2/c1-27-20-7-4-14(22)9-13(20)12-24-16-5-6-19-17(10-16)18(21(26)25-19)11-15-3-2-8-23-15/h2-11,23-24H,12H2,1H3,(H,25,26). The number of fused-ring (bicyclic) bond motifs is 1. The fourth-order valence-electron chi connectivity index (χ4n) is 3.11. The predicted octanol–water partition coefficient (Wildman–Crippen LogP) is 4.27. The lowest BCUT2D eigenvalue weighted by molar-refractivity contribution is -0.110. The number of anilines is 2. The van der Waals surface area contributed by atoms with Crippen LogP contribution in [0.25, 0.3) is 11.6 Å². The van der Waals surface area contributed by atoms with E-state index in [-0.39, 0.29) is 11.7 Å². The molecule has 27 heavy (non-hydrogen) atoms. The van der Waals surface area contributed by atoms with Gasteiger partial charge in [0.25, 0.3) is 5.91 Å². The zero-order valence-corrected chi connectivity index (χ0v) is 14.7. The van der Waals surface area contributed by atoms with Crippen LogP contribution in [0, 0.1) is 5.82 Å². The minimum Gasteiger partial charge on any atom is -0.496 e. The van der Waals surface area contributed by atoms with Crippen LogP contribution in [0.4, 0.5) is 15.8 Å². The molecule has 0 fully saturated rings. The molecule has 3 N–H and O–H groups in total. The largest absolute Gasteiger partial charge is 0.496 e. The third-order valence-electron chi connectivity index (χ3n) is 4.45.